The molecule has 56 valence electrons. The van der Waals surface area contributed by atoms with Crippen LogP contribution in [0.15, 0.2) is 0 Å². The molecule has 0 aromatic heterocycles. The average molecular weight is 142 g/mol. The standard InChI is InChI=1S/C7H10O3/c8-5-4-1-3-2-9-7(5)6(3)10-4/h3-8H,1-2H2/t3-,4+,5+,6-,7+/m1/s1. The smallest absolute Gasteiger partial charge is 0.112 e. The zero-order valence-corrected chi connectivity index (χ0v) is 5.56. The molecular formula is C7H10O3. The van der Waals surface area contributed by atoms with Crippen LogP contribution in [-0.4, -0.2) is 36.1 Å². The molecule has 10 heavy (non-hydrogen) atoms. The number of aliphatic hydroxyl groups is 1. The zero-order chi connectivity index (χ0) is 6.72. The van der Waals surface area contributed by atoms with Crippen molar-refractivity contribution in [3.05, 3.63) is 0 Å². The lowest BCUT2D eigenvalue weighted by Gasteiger charge is -2.17. The first-order chi connectivity index (χ1) is 4.86. The van der Waals surface area contributed by atoms with Crippen LogP contribution in [0.1, 0.15) is 6.42 Å². The quantitative estimate of drug-likeness (QED) is 0.497. The van der Waals surface area contributed by atoms with E-state index >= 15 is 0 Å². The third-order valence-electron chi connectivity index (χ3n) is 2.88. The molecule has 0 aromatic rings. The summed E-state index contributed by atoms with van der Waals surface area (Å²) in [5, 5.41) is 9.46. The van der Waals surface area contributed by atoms with Gasteiger partial charge in [-0.25, -0.2) is 0 Å². The topological polar surface area (TPSA) is 38.7 Å². The van der Waals surface area contributed by atoms with Crippen LogP contribution in [0.3, 0.4) is 0 Å². The van der Waals surface area contributed by atoms with Crippen molar-refractivity contribution in [2.75, 3.05) is 6.61 Å². The van der Waals surface area contributed by atoms with E-state index < -0.39 is 0 Å². The predicted molar refractivity (Wildman–Crippen MR) is 32.5 cm³/mol. The van der Waals surface area contributed by atoms with E-state index in [1.807, 2.05) is 0 Å². The first kappa shape index (κ1) is 5.52. The molecule has 3 aliphatic heterocycles. The van der Waals surface area contributed by atoms with Gasteiger partial charge in [0.15, 0.2) is 0 Å². The number of hydrogen-bond donors (Lipinski definition) is 1. The summed E-state index contributed by atoms with van der Waals surface area (Å²) in [7, 11) is 0. The van der Waals surface area contributed by atoms with E-state index in [9.17, 15) is 5.11 Å². The summed E-state index contributed by atoms with van der Waals surface area (Å²) >= 11 is 0. The van der Waals surface area contributed by atoms with E-state index in [0.29, 0.717) is 5.92 Å². The van der Waals surface area contributed by atoms with Gasteiger partial charge in [0, 0.05) is 5.92 Å². The summed E-state index contributed by atoms with van der Waals surface area (Å²) in [6.07, 6.45) is 0.970. The number of aliphatic hydroxyl groups excluding tert-OH is 1. The Labute approximate surface area is 58.9 Å². The summed E-state index contributed by atoms with van der Waals surface area (Å²) in [6, 6.07) is 0. The molecule has 3 rings (SSSR count). The minimum atomic E-state index is -0.344. The molecule has 0 spiro atoms. The Morgan fingerprint density at radius 3 is 2.90 bits per heavy atom. The third kappa shape index (κ3) is 0.447. The van der Waals surface area contributed by atoms with Gasteiger partial charge in [-0.2, -0.15) is 0 Å². The van der Waals surface area contributed by atoms with Crippen LogP contribution in [0, 0.1) is 5.92 Å². The SMILES string of the molecule is O[C@@H]1[C@@H]2OC[C@H]3C[C@@H]1O[C@H]32. The number of rotatable bonds is 0. The normalized spacial score (nSPS) is 63.9. The van der Waals surface area contributed by atoms with Crippen molar-refractivity contribution in [2.24, 2.45) is 5.92 Å². The van der Waals surface area contributed by atoms with E-state index in [0.717, 1.165) is 13.0 Å². The van der Waals surface area contributed by atoms with Gasteiger partial charge in [-0.3, -0.25) is 0 Å². The number of hydrogen-bond acceptors (Lipinski definition) is 3. The Bertz CT molecular complexity index is 168. The van der Waals surface area contributed by atoms with Gasteiger partial charge in [-0.1, -0.05) is 0 Å². The molecule has 3 heteroatoms. The Balaban J connectivity index is 2.00. The van der Waals surface area contributed by atoms with E-state index in [4.69, 9.17) is 9.47 Å². The van der Waals surface area contributed by atoms with Gasteiger partial charge in [-0.15, -0.1) is 0 Å². The largest absolute Gasteiger partial charge is 0.388 e. The molecule has 2 bridgehead atoms. The molecule has 0 saturated carbocycles. The summed E-state index contributed by atoms with van der Waals surface area (Å²) in [6.45, 7) is 0.795. The van der Waals surface area contributed by atoms with Crippen molar-refractivity contribution >= 4 is 0 Å². The highest BCUT2D eigenvalue weighted by atomic mass is 16.6. The Kier molecular flexibility index (Phi) is 0.854. The fourth-order valence-electron chi connectivity index (χ4n) is 2.36. The van der Waals surface area contributed by atoms with Gasteiger partial charge in [0.1, 0.15) is 12.2 Å². The Morgan fingerprint density at radius 2 is 2.20 bits per heavy atom. The van der Waals surface area contributed by atoms with E-state index in [-0.39, 0.29) is 24.4 Å². The van der Waals surface area contributed by atoms with E-state index in [2.05, 4.69) is 0 Å². The molecule has 3 saturated heterocycles. The molecule has 0 aromatic carbocycles. The molecule has 3 fully saturated rings. The monoisotopic (exact) mass is 142 g/mol. The second kappa shape index (κ2) is 1.55. The summed E-state index contributed by atoms with van der Waals surface area (Å²) in [5.74, 6) is 0.582. The van der Waals surface area contributed by atoms with Gasteiger partial charge in [0.2, 0.25) is 0 Å². The first-order valence-corrected chi connectivity index (χ1v) is 3.81. The highest BCUT2D eigenvalue weighted by Gasteiger charge is 2.58. The second-order valence-electron chi connectivity index (χ2n) is 3.42. The molecule has 3 heterocycles. The van der Waals surface area contributed by atoms with Crippen molar-refractivity contribution < 1.29 is 14.6 Å². The Hall–Kier alpha value is -0.120. The highest BCUT2D eigenvalue weighted by Crippen LogP contribution is 2.45. The second-order valence-corrected chi connectivity index (χ2v) is 3.42. The lowest BCUT2D eigenvalue weighted by atomic mass is 9.89. The molecule has 3 aliphatic rings. The van der Waals surface area contributed by atoms with E-state index in [1.165, 1.54) is 0 Å². The van der Waals surface area contributed by atoms with Crippen LogP contribution >= 0.6 is 0 Å². The van der Waals surface area contributed by atoms with Crippen LogP contribution in [0.25, 0.3) is 0 Å². The van der Waals surface area contributed by atoms with Crippen LogP contribution < -0.4 is 0 Å². The maximum absolute atomic E-state index is 9.46. The van der Waals surface area contributed by atoms with Crippen molar-refractivity contribution in [1.29, 1.82) is 0 Å². The maximum atomic E-state index is 9.46. The number of fused-ring (bicyclic) bond motifs is 1. The molecule has 3 nitrogen and oxygen atoms in total. The lowest BCUT2D eigenvalue weighted by molar-refractivity contribution is 0.00896. The minimum absolute atomic E-state index is 0.00347. The molecule has 0 radical (unpaired) electrons. The van der Waals surface area contributed by atoms with Crippen LogP contribution in [0.2, 0.25) is 0 Å². The molecule has 0 aliphatic carbocycles. The third-order valence-corrected chi connectivity index (χ3v) is 2.88. The maximum Gasteiger partial charge on any atom is 0.112 e. The van der Waals surface area contributed by atoms with Gasteiger partial charge in [0.25, 0.3) is 0 Å². The minimum Gasteiger partial charge on any atom is -0.388 e. The molecule has 0 amide bonds. The molecular weight excluding hydrogens is 132 g/mol. The zero-order valence-electron chi connectivity index (χ0n) is 5.56. The molecule has 1 N–H and O–H groups in total. The predicted octanol–water partition coefficient (Wildman–Crippen LogP) is -0.467. The fraction of sp³-hybridized carbons (Fsp3) is 1.00. The molecule has 5 atom stereocenters. The van der Waals surface area contributed by atoms with Gasteiger partial charge >= 0.3 is 0 Å². The van der Waals surface area contributed by atoms with Crippen molar-refractivity contribution in [3.8, 4) is 0 Å². The highest BCUT2D eigenvalue weighted by molar-refractivity contribution is 5.05. The summed E-state index contributed by atoms with van der Waals surface area (Å²) in [4.78, 5) is 0. The number of ether oxygens (including phenoxy) is 2. The summed E-state index contributed by atoms with van der Waals surface area (Å²) in [5.41, 5.74) is 0. The fourth-order valence-corrected chi connectivity index (χ4v) is 2.36. The van der Waals surface area contributed by atoms with Crippen molar-refractivity contribution in [1.82, 2.24) is 0 Å². The van der Waals surface area contributed by atoms with E-state index in [1.54, 1.807) is 0 Å². The first-order valence-electron chi connectivity index (χ1n) is 3.81. The van der Waals surface area contributed by atoms with Gasteiger partial charge in [-0.05, 0) is 6.42 Å². The van der Waals surface area contributed by atoms with Crippen molar-refractivity contribution in [3.63, 3.8) is 0 Å². The van der Waals surface area contributed by atoms with Crippen LogP contribution in [0.5, 0.6) is 0 Å². The van der Waals surface area contributed by atoms with Gasteiger partial charge < -0.3 is 14.6 Å². The lowest BCUT2D eigenvalue weighted by Crippen LogP contribution is -2.36. The summed E-state index contributed by atoms with van der Waals surface area (Å²) < 4.78 is 10.9. The van der Waals surface area contributed by atoms with Crippen LogP contribution in [0.4, 0.5) is 0 Å². The van der Waals surface area contributed by atoms with Gasteiger partial charge in [0.05, 0.1) is 18.8 Å². The van der Waals surface area contributed by atoms with Crippen LogP contribution in [-0.2, 0) is 9.47 Å². The Morgan fingerprint density at radius 1 is 1.30 bits per heavy atom. The average Bonchev–Trinajstić information content (AvgIpc) is 2.43. The molecule has 0 unspecified atom stereocenters. The van der Waals surface area contributed by atoms with Crippen molar-refractivity contribution in [2.45, 2.75) is 30.8 Å².